The molecule has 1 atom stereocenters. The molecular weight excluding hydrogens is 446 g/mol. The lowest BCUT2D eigenvalue weighted by Crippen LogP contribution is -2.44. The fourth-order valence-electron chi connectivity index (χ4n) is 4.72. The molecule has 1 saturated heterocycles. The fraction of sp³-hybridized carbons (Fsp3) is 0.360. The molecule has 0 saturated carbocycles. The molecule has 1 aromatic carbocycles. The second kappa shape index (κ2) is 8.70. The van der Waals surface area contributed by atoms with Gasteiger partial charge >= 0.3 is 5.69 Å². The smallest absolute Gasteiger partial charge is 0.336 e. The lowest BCUT2D eigenvalue weighted by atomic mass is 10.1. The van der Waals surface area contributed by atoms with Gasteiger partial charge in [0.15, 0.2) is 11.2 Å². The third-order valence-electron chi connectivity index (χ3n) is 6.55. The number of allylic oxidation sites excluding steroid dienone is 2. The molecular formula is C25H29N7O3. The summed E-state index contributed by atoms with van der Waals surface area (Å²) in [5.41, 5.74) is 8.50. The third kappa shape index (κ3) is 3.89. The van der Waals surface area contributed by atoms with Crippen LogP contribution in [0, 0.1) is 0 Å². The molecule has 182 valence electrons. The number of fused-ring (bicyclic) bond motifs is 2. The minimum atomic E-state index is -0.539. The van der Waals surface area contributed by atoms with E-state index in [0.717, 1.165) is 29.5 Å². The van der Waals surface area contributed by atoms with Gasteiger partial charge in [0.2, 0.25) is 5.95 Å². The average molecular weight is 476 g/mol. The van der Waals surface area contributed by atoms with Gasteiger partial charge in [0.25, 0.3) is 11.5 Å². The van der Waals surface area contributed by atoms with Crippen LogP contribution in [0.2, 0.25) is 0 Å². The molecule has 1 fully saturated rings. The number of imidazole rings is 1. The number of carbonyl (C=O) groups is 1. The number of anilines is 1. The highest BCUT2D eigenvalue weighted by atomic mass is 16.2. The molecule has 1 unspecified atom stereocenters. The lowest BCUT2D eigenvalue weighted by molar-refractivity contribution is 0.0981. The number of aromatic nitrogens is 4. The minimum Gasteiger partial charge on any atom is -0.341 e. The normalized spacial score (nSPS) is 18.7. The van der Waals surface area contributed by atoms with Crippen LogP contribution in [0.1, 0.15) is 42.6 Å². The van der Waals surface area contributed by atoms with Crippen molar-refractivity contribution in [3.63, 3.8) is 0 Å². The lowest BCUT2D eigenvalue weighted by Gasteiger charge is -2.31. The van der Waals surface area contributed by atoms with Gasteiger partial charge in [-0.1, -0.05) is 29.8 Å². The van der Waals surface area contributed by atoms with Gasteiger partial charge < -0.3 is 20.5 Å². The molecule has 2 aliphatic heterocycles. The quantitative estimate of drug-likeness (QED) is 0.552. The average Bonchev–Trinajstić information content (AvgIpc) is 3.37. The second-order valence-electron chi connectivity index (χ2n) is 9.38. The maximum absolute atomic E-state index is 13.8. The number of rotatable bonds is 4. The van der Waals surface area contributed by atoms with Gasteiger partial charge in [0.1, 0.15) is 0 Å². The van der Waals surface area contributed by atoms with Gasteiger partial charge in [-0.2, -0.15) is 4.98 Å². The van der Waals surface area contributed by atoms with E-state index in [0.29, 0.717) is 47.0 Å². The summed E-state index contributed by atoms with van der Waals surface area (Å²) in [6.45, 7) is 5.83. The minimum absolute atomic E-state index is 0.0247. The van der Waals surface area contributed by atoms with Crippen molar-refractivity contribution >= 4 is 34.9 Å². The molecule has 4 heterocycles. The molecule has 0 bridgehead atoms. The van der Waals surface area contributed by atoms with Crippen molar-refractivity contribution in [3.8, 4) is 0 Å². The summed E-state index contributed by atoms with van der Waals surface area (Å²) >= 11 is 0. The molecule has 3 N–H and O–H groups in total. The second-order valence-corrected chi connectivity index (χ2v) is 9.38. The van der Waals surface area contributed by atoms with Crippen LogP contribution >= 0.6 is 0 Å². The van der Waals surface area contributed by atoms with Gasteiger partial charge in [-0.3, -0.25) is 14.2 Å². The van der Waals surface area contributed by atoms with Gasteiger partial charge in [0.05, 0.1) is 5.70 Å². The summed E-state index contributed by atoms with van der Waals surface area (Å²) in [7, 11) is 1.60. The molecule has 0 radical (unpaired) electrons. The van der Waals surface area contributed by atoms with Gasteiger partial charge in [-0.15, -0.1) is 0 Å². The van der Waals surface area contributed by atoms with E-state index in [9.17, 15) is 14.4 Å². The van der Waals surface area contributed by atoms with Crippen molar-refractivity contribution < 1.29 is 4.79 Å². The maximum Gasteiger partial charge on any atom is 0.336 e. The van der Waals surface area contributed by atoms with Gasteiger partial charge in [0, 0.05) is 50.1 Å². The molecule has 3 aromatic rings. The largest absolute Gasteiger partial charge is 0.341 e. The Morgan fingerprint density at radius 1 is 1.20 bits per heavy atom. The zero-order valence-corrected chi connectivity index (χ0v) is 20.1. The first kappa shape index (κ1) is 22.9. The topological polar surface area (TPSA) is 120 Å². The number of hydrogen-bond donors (Lipinski definition) is 2. The first-order chi connectivity index (χ1) is 16.8. The molecule has 2 aromatic heterocycles. The number of piperidine rings is 1. The van der Waals surface area contributed by atoms with Crippen molar-refractivity contribution in [2.75, 3.05) is 18.0 Å². The number of amides is 1. The Kier molecular flexibility index (Phi) is 5.68. The van der Waals surface area contributed by atoms with Crippen LogP contribution < -0.4 is 27.2 Å². The van der Waals surface area contributed by atoms with Crippen molar-refractivity contribution in [2.24, 2.45) is 12.8 Å². The highest BCUT2D eigenvalue weighted by molar-refractivity contribution is 6.10. The number of benzene rings is 1. The zero-order chi connectivity index (χ0) is 24.9. The van der Waals surface area contributed by atoms with Crippen molar-refractivity contribution in [2.45, 2.75) is 39.3 Å². The van der Waals surface area contributed by atoms with Crippen LogP contribution in [-0.4, -0.2) is 43.7 Å². The van der Waals surface area contributed by atoms with E-state index < -0.39 is 11.2 Å². The van der Waals surface area contributed by atoms with Gasteiger partial charge in [-0.25, -0.2) is 9.36 Å². The Bertz CT molecular complexity index is 1520. The Morgan fingerprint density at radius 2 is 1.94 bits per heavy atom. The van der Waals surface area contributed by atoms with E-state index in [2.05, 4.69) is 10.2 Å². The molecule has 2 aliphatic rings. The van der Waals surface area contributed by atoms with Crippen LogP contribution in [0.15, 0.2) is 45.5 Å². The Morgan fingerprint density at radius 3 is 2.66 bits per heavy atom. The predicted molar refractivity (Wildman–Crippen MR) is 136 cm³/mol. The van der Waals surface area contributed by atoms with E-state index >= 15 is 0 Å². The Labute approximate surface area is 202 Å². The third-order valence-corrected chi connectivity index (χ3v) is 6.55. The van der Waals surface area contributed by atoms with Gasteiger partial charge in [-0.05, 0) is 32.8 Å². The molecule has 10 nitrogen and oxygen atoms in total. The summed E-state index contributed by atoms with van der Waals surface area (Å²) in [6, 6.07) is 7.09. The molecule has 1 amide bonds. The van der Waals surface area contributed by atoms with E-state index in [1.165, 1.54) is 10.8 Å². The number of carbonyl (C=O) groups excluding carboxylic acids is 1. The fourth-order valence-corrected chi connectivity index (χ4v) is 4.72. The number of nitrogens with one attached hydrogen (secondary N) is 1. The molecule has 0 spiro atoms. The van der Waals surface area contributed by atoms with Crippen LogP contribution in [0.25, 0.3) is 23.1 Å². The number of nitrogens with two attached hydrogens (primary N) is 1. The molecule has 10 heteroatoms. The zero-order valence-electron chi connectivity index (χ0n) is 20.1. The van der Waals surface area contributed by atoms with Crippen molar-refractivity contribution in [1.82, 2.24) is 24.0 Å². The highest BCUT2D eigenvalue weighted by Gasteiger charge is 2.27. The summed E-state index contributed by atoms with van der Waals surface area (Å²) in [5, 5.41) is 2.77. The number of hydrogen-bond acceptors (Lipinski definition) is 6. The number of aryl methyl sites for hydroxylation is 1. The standard InChI is InChI=1S/C25H29N7O3/c1-15(2)10-12-31-20-21(28-24(31)30-11-6-7-16(26)13-30)29(3)25(35)32(23(20)34)14-19-17-8-4-5-9-18(17)22(33)27-19/h4-5,8-10,14,16H,6-7,11-13,26H2,1-3H3,(H,27,33). The van der Waals surface area contributed by atoms with Crippen molar-refractivity contribution in [1.29, 1.82) is 0 Å². The van der Waals surface area contributed by atoms with E-state index in [4.69, 9.17) is 10.7 Å². The van der Waals surface area contributed by atoms with Crippen LogP contribution in [0.3, 0.4) is 0 Å². The van der Waals surface area contributed by atoms with E-state index in [1.54, 1.807) is 31.3 Å². The molecule has 5 rings (SSSR count). The first-order valence-corrected chi connectivity index (χ1v) is 11.7. The van der Waals surface area contributed by atoms with Crippen molar-refractivity contribution in [3.05, 3.63) is 67.9 Å². The Balaban J connectivity index is 1.74. The summed E-state index contributed by atoms with van der Waals surface area (Å²) in [4.78, 5) is 46.3. The first-order valence-electron chi connectivity index (χ1n) is 11.7. The SMILES string of the molecule is CC(C)=CCn1c(N2CCCC(N)C2)nc2c1c(=O)n(C=C1NC(=O)c3ccccc31)c(=O)n2C. The molecule has 35 heavy (non-hydrogen) atoms. The Hall–Kier alpha value is -3.92. The highest BCUT2D eigenvalue weighted by Crippen LogP contribution is 2.25. The summed E-state index contributed by atoms with van der Waals surface area (Å²) in [5.74, 6) is 0.361. The molecule has 0 aliphatic carbocycles. The summed E-state index contributed by atoms with van der Waals surface area (Å²) in [6.07, 6.45) is 5.30. The van der Waals surface area contributed by atoms with Crippen LogP contribution in [0.4, 0.5) is 5.95 Å². The van der Waals surface area contributed by atoms with Crippen LogP contribution in [0.5, 0.6) is 0 Å². The predicted octanol–water partition coefficient (Wildman–Crippen LogP) is 1.49. The summed E-state index contributed by atoms with van der Waals surface area (Å²) < 4.78 is 4.29. The van der Waals surface area contributed by atoms with Crippen LogP contribution in [-0.2, 0) is 13.6 Å². The van der Waals surface area contributed by atoms with E-state index in [-0.39, 0.29) is 11.9 Å². The number of nitrogens with zero attached hydrogens (tertiary/aromatic N) is 5. The monoisotopic (exact) mass is 475 g/mol. The van der Waals surface area contributed by atoms with E-state index in [1.807, 2.05) is 24.5 Å². The maximum atomic E-state index is 13.8.